The fraction of sp³-hybridized carbons (Fsp3) is 0.192. The first-order chi connectivity index (χ1) is 14.7. The van der Waals surface area contributed by atoms with Crippen LogP contribution in [-0.2, 0) is 0 Å². The SMILES string of the molecule is C=C(COc1cc2ccc(Cl)cc2cc1C(N)=O)c1c[nH]/c(=C/C(=C)C(C)CC)c1=C. The summed E-state index contributed by atoms with van der Waals surface area (Å²) in [5, 5.41) is 4.04. The highest BCUT2D eigenvalue weighted by Crippen LogP contribution is 2.28. The number of hydrogen-bond donors (Lipinski definition) is 2. The highest BCUT2D eigenvalue weighted by Gasteiger charge is 2.13. The van der Waals surface area contributed by atoms with Gasteiger partial charge in [-0.15, -0.1) is 0 Å². The van der Waals surface area contributed by atoms with Crippen molar-refractivity contribution in [2.24, 2.45) is 11.7 Å². The van der Waals surface area contributed by atoms with E-state index < -0.39 is 5.91 Å². The predicted molar refractivity (Wildman–Crippen MR) is 131 cm³/mol. The first-order valence-electron chi connectivity index (χ1n) is 10.1. The molecule has 1 aromatic heterocycles. The maximum absolute atomic E-state index is 12.0. The predicted octanol–water partition coefficient (Wildman–Crippen LogP) is 4.81. The monoisotopic (exact) mass is 434 g/mol. The normalized spacial score (nSPS) is 12.7. The number of primary amides is 1. The molecule has 0 radical (unpaired) electrons. The molecular weight excluding hydrogens is 408 g/mol. The van der Waals surface area contributed by atoms with E-state index in [1.54, 1.807) is 24.3 Å². The summed E-state index contributed by atoms with van der Waals surface area (Å²) < 4.78 is 5.95. The van der Waals surface area contributed by atoms with Crippen molar-refractivity contribution >= 4 is 46.5 Å². The van der Waals surface area contributed by atoms with Gasteiger partial charge < -0.3 is 15.5 Å². The summed E-state index contributed by atoms with van der Waals surface area (Å²) in [6.45, 7) is 16.9. The Morgan fingerprint density at radius 1 is 1.23 bits per heavy atom. The molecule has 1 amide bonds. The maximum atomic E-state index is 12.0. The van der Waals surface area contributed by atoms with Gasteiger partial charge in [-0.2, -0.15) is 0 Å². The fourth-order valence-electron chi connectivity index (χ4n) is 3.31. The van der Waals surface area contributed by atoms with Gasteiger partial charge in [0.25, 0.3) is 5.91 Å². The molecule has 3 aromatic rings. The number of carbonyl (C=O) groups is 1. The zero-order valence-electron chi connectivity index (χ0n) is 17.9. The summed E-state index contributed by atoms with van der Waals surface area (Å²) in [4.78, 5) is 15.2. The minimum atomic E-state index is -0.567. The fourth-order valence-corrected chi connectivity index (χ4v) is 3.49. The average Bonchev–Trinajstić information content (AvgIpc) is 3.10. The van der Waals surface area contributed by atoms with Crippen molar-refractivity contribution in [2.45, 2.75) is 20.3 Å². The molecule has 0 aliphatic heterocycles. The lowest BCUT2D eigenvalue weighted by Gasteiger charge is -2.12. The molecule has 2 aromatic carbocycles. The Morgan fingerprint density at radius 3 is 2.65 bits per heavy atom. The van der Waals surface area contributed by atoms with Gasteiger partial charge in [-0.05, 0) is 64.2 Å². The largest absolute Gasteiger partial charge is 0.488 e. The molecule has 0 bridgehead atoms. The zero-order valence-corrected chi connectivity index (χ0v) is 18.7. The molecule has 1 atom stereocenters. The third-order valence-electron chi connectivity index (χ3n) is 5.55. The molecule has 1 unspecified atom stereocenters. The van der Waals surface area contributed by atoms with E-state index in [0.717, 1.165) is 44.5 Å². The summed E-state index contributed by atoms with van der Waals surface area (Å²) in [7, 11) is 0. The number of allylic oxidation sites excluding steroid dienone is 1. The Labute approximate surface area is 187 Å². The van der Waals surface area contributed by atoms with E-state index in [1.165, 1.54) is 0 Å². The van der Waals surface area contributed by atoms with Crippen LogP contribution in [0.4, 0.5) is 0 Å². The lowest BCUT2D eigenvalue weighted by molar-refractivity contribution is 0.0997. The summed E-state index contributed by atoms with van der Waals surface area (Å²) in [6.07, 6.45) is 4.91. The third kappa shape index (κ3) is 4.92. The van der Waals surface area contributed by atoms with Crippen molar-refractivity contribution < 1.29 is 9.53 Å². The van der Waals surface area contributed by atoms with E-state index in [1.807, 2.05) is 18.3 Å². The topological polar surface area (TPSA) is 68.1 Å². The second kappa shape index (κ2) is 9.27. The standard InChI is InChI=1S/C26H27ClN2O2/c1-6-15(2)16(3)9-24-18(5)23(13-29-24)17(4)14-31-25-12-19-7-8-21(27)10-20(19)11-22(25)26(28)30/h7-13,15,29H,3-6,14H2,1-2H3,(H2,28,30)/b24-9+. The molecule has 1 heterocycles. The number of aromatic nitrogens is 1. The smallest absolute Gasteiger partial charge is 0.252 e. The Morgan fingerprint density at radius 2 is 1.97 bits per heavy atom. The molecule has 0 aliphatic carbocycles. The van der Waals surface area contributed by atoms with Gasteiger partial charge in [0.05, 0.1) is 5.56 Å². The van der Waals surface area contributed by atoms with Gasteiger partial charge in [-0.1, -0.05) is 56.8 Å². The van der Waals surface area contributed by atoms with Crippen molar-refractivity contribution in [1.82, 2.24) is 4.98 Å². The maximum Gasteiger partial charge on any atom is 0.252 e. The van der Waals surface area contributed by atoms with E-state index in [2.05, 4.69) is 38.6 Å². The molecule has 160 valence electrons. The Hall–Kier alpha value is -3.24. The number of hydrogen-bond acceptors (Lipinski definition) is 2. The number of nitrogens with one attached hydrogen (secondary N) is 1. The van der Waals surface area contributed by atoms with Gasteiger partial charge in [0.2, 0.25) is 0 Å². The van der Waals surface area contributed by atoms with Crippen LogP contribution in [0.1, 0.15) is 36.2 Å². The molecule has 3 rings (SSSR count). The Kier molecular flexibility index (Phi) is 6.71. The average molecular weight is 435 g/mol. The van der Waals surface area contributed by atoms with Crippen molar-refractivity contribution in [3.05, 3.63) is 82.0 Å². The van der Waals surface area contributed by atoms with Crippen LogP contribution in [0.25, 0.3) is 29.0 Å². The van der Waals surface area contributed by atoms with Crippen LogP contribution in [0, 0.1) is 5.92 Å². The van der Waals surface area contributed by atoms with Gasteiger partial charge in [0.15, 0.2) is 0 Å². The van der Waals surface area contributed by atoms with Gasteiger partial charge in [0, 0.05) is 22.1 Å². The van der Waals surface area contributed by atoms with Crippen LogP contribution in [0.15, 0.2) is 55.3 Å². The summed E-state index contributed by atoms with van der Waals surface area (Å²) in [5.74, 6) is 0.233. The van der Waals surface area contributed by atoms with Gasteiger partial charge in [0.1, 0.15) is 12.4 Å². The number of fused-ring (bicyclic) bond motifs is 1. The van der Waals surface area contributed by atoms with Crippen LogP contribution in [0.2, 0.25) is 5.02 Å². The molecule has 3 N–H and O–H groups in total. The number of halogens is 1. The number of nitrogens with two attached hydrogens (primary N) is 1. The number of carbonyl (C=O) groups excluding carboxylic acids is 1. The first-order valence-corrected chi connectivity index (χ1v) is 10.5. The molecule has 0 saturated heterocycles. The molecule has 4 nitrogen and oxygen atoms in total. The summed E-state index contributed by atoms with van der Waals surface area (Å²) in [6, 6.07) is 8.92. The van der Waals surface area contributed by atoms with E-state index >= 15 is 0 Å². The molecule has 0 aliphatic rings. The lowest BCUT2D eigenvalue weighted by Crippen LogP contribution is -2.24. The van der Waals surface area contributed by atoms with Crippen molar-refractivity contribution in [1.29, 1.82) is 0 Å². The highest BCUT2D eigenvalue weighted by atomic mass is 35.5. The number of ether oxygens (including phenoxy) is 1. The van der Waals surface area contributed by atoms with Crippen LogP contribution < -0.4 is 21.0 Å². The quantitative estimate of drug-likeness (QED) is 0.534. The first kappa shape index (κ1) is 22.4. The van der Waals surface area contributed by atoms with Crippen LogP contribution in [-0.4, -0.2) is 17.5 Å². The minimum absolute atomic E-state index is 0.186. The molecule has 5 heteroatoms. The van der Waals surface area contributed by atoms with Gasteiger partial charge in [-0.3, -0.25) is 4.79 Å². The van der Waals surface area contributed by atoms with E-state index in [-0.39, 0.29) is 6.61 Å². The number of rotatable bonds is 8. The Balaban J connectivity index is 1.85. The lowest BCUT2D eigenvalue weighted by atomic mass is 9.99. The van der Waals surface area contributed by atoms with Crippen molar-refractivity contribution in [2.75, 3.05) is 6.61 Å². The van der Waals surface area contributed by atoms with Crippen LogP contribution in [0.5, 0.6) is 5.75 Å². The molecule has 0 spiro atoms. The van der Waals surface area contributed by atoms with E-state index in [9.17, 15) is 4.79 Å². The minimum Gasteiger partial charge on any atom is -0.488 e. The number of benzene rings is 2. The van der Waals surface area contributed by atoms with Crippen LogP contribution in [0.3, 0.4) is 0 Å². The van der Waals surface area contributed by atoms with Crippen molar-refractivity contribution in [3.63, 3.8) is 0 Å². The number of amides is 1. The third-order valence-corrected chi connectivity index (χ3v) is 5.78. The van der Waals surface area contributed by atoms with Gasteiger partial charge in [-0.25, -0.2) is 0 Å². The molecular formula is C26H27ClN2O2. The summed E-state index contributed by atoms with van der Waals surface area (Å²) in [5.41, 5.74) is 8.52. The molecule has 31 heavy (non-hydrogen) atoms. The summed E-state index contributed by atoms with van der Waals surface area (Å²) >= 11 is 6.06. The molecule has 0 saturated carbocycles. The second-order valence-electron chi connectivity index (χ2n) is 7.72. The number of aromatic amines is 1. The number of H-pyrrole nitrogens is 1. The van der Waals surface area contributed by atoms with Crippen LogP contribution >= 0.6 is 11.6 Å². The van der Waals surface area contributed by atoms with Crippen molar-refractivity contribution in [3.8, 4) is 5.75 Å². The second-order valence-corrected chi connectivity index (χ2v) is 8.16. The van der Waals surface area contributed by atoms with E-state index in [4.69, 9.17) is 22.1 Å². The van der Waals surface area contributed by atoms with Gasteiger partial charge >= 0.3 is 0 Å². The van der Waals surface area contributed by atoms with E-state index in [0.29, 0.717) is 22.3 Å². The highest BCUT2D eigenvalue weighted by molar-refractivity contribution is 6.31. The Bertz CT molecular complexity index is 1290. The molecule has 0 fully saturated rings. The zero-order chi connectivity index (χ0) is 22.7.